The summed E-state index contributed by atoms with van der Waals surface area (Å²) in [5.41, 5.74) is 1.26. The van der Waals surface area contributed by atoms with E-state index in [4.69, 9.17) is 0 Å². The lowest BCUT2D eigenvalue weighted by atomic mass is 10.1. The first kappa shape index (κ1) is 17.8. The van der Waals surface area contributed by atoms with E-state index in [1.165, 1.54) is 17.1 Å². The third-order valence-electron chi connectivity index (χ3n) is 3.72. The number of urea groups is 1. The van der Waals surface area contributed by atoms with Crippen LogP contribution in [-0.2, 0) is 4.79 Å². The number of amides is 3. The molecule has 0 atom stereocenters. The van der Waals surface area contributed by atoms with E-state index >= 15 is 0 Å². The zero-order valence-corrected chi connectivity index (χ0v) is 15.1. The van der Waals surface area contributed by atoms with Crippen LogP contribution in [0.1, 0.15) is 0 Å². The lowest BCUT2D eigenvalue weighted by molar-refractivity contribution is -0.113. The van der Waals surface area contributed by atoms with E-state index in [0.29, 0.717) is 17.1 Å². The summed E-state index contributed by atoms with van der Waals surface area (Å²) in [4.78, 5) is 24.6. The summed E-state index contributed by atoms with van der Waals surface area (Å²) in [6.45, 7) is 0. The third kappa shape index (κ3) is 4.77. The van der Waals surface area contributed by atoms with Crippen LogP contribution in [0, 0.1) is 0 Å². The molecule has 3 aromatic rings. The van der Waals surface area contributed by atoms with Crippen molar-refractivity contribution < 1.29 is 9.59 Å². The number of carbonyl (C=O) groups is 2. The Morgan fingerprint density at radius 1 is 0.846 bits per heavy atom. The fraction of sp³-hybridized carbons (Fsp3) is 0.100. The Morgan fingerprint density at radius 2 is 1.58 bits per heavy atom. The summed E-state index contributed by atoms with van der Waals surface area (Å²) in [5.74, 6) is 0.214. The van der Waals surface area contributed by atoms with Gasteiger partial charge in [0.15, 0.2) is 0 Å². The highest BCUT2D eigenvalue weighted by molar-refractivity contribution is 8.00. The predicted octanol–water partition coefficient (Wildman–Crippen LogP) is 4.32. The second-order valence-corrected chi connectivity index (χ2v) is 6.68. The molecule has 0 saturated carbocycles. The number of hydrogen-bond acceptors (Lipinski definition) is 3. The number of anilines is 2. The molecule has 3 rings (SSSR count). The minimum absolute atomic E-state index is 0.0970. The van der Waals surface area contributed by atoms with Crippen molar-refractivity contribution in [3.8, 4) is 0 Å². The van der Waals surface area contributed by atoms with E-state index in [-0.39, 0.29) is 11.9 Å². The molecular weight excluding hydrogens is 346 g/mol. The van der Waals surface area contributed by atoms with E-state index < -0.39 is 0 Å². The van der Waals surface area contributed by atoms with Gasteiger partial charge in [-0.05, 0) is 41.1 Å². The number of fused-ring (bicyclic) bond motifs is 1. The number of thioether (sulfide) groups is 1. The largest absolute Gasteiger partial charge is 0.341 e. The second-order valence-electron chi connectivity index (χ2n) is 5.63. The molecule has 3 N–H and O–H groups in total. The number of carbonyl (C=O) groups excluding carboxylic acids is 2. The first-order valence-electron chi connectivity index (χ1n) is 8.14. The fourth-order valence-electron chi connectivity index (χ4n) is 2.47. The fourth-order valence-corrected chi connectivity index (χ4v) is 3.22. The normalized spacial score (nSPS) is 10.3. The van der Waals surface area contributed by atoms with E-state index in [9.17, 15) is 9.59 Å². The van der Waals surface area contributed by atoms with Crippen LogP contribution in [0.15, 0.2) is 71.6 Å². The third-order valence-corrected chi connectivity index (χ3v) is 4.72. The molecular formula is C20H19N3O2S. The molecule has 132 valence electrons. The van der Waals surface area contributed by atoms with Crippen LogP contribution in [0.4, 0.5) is 16.2 Å². The Hall–Kier alpha value is -2.99. The molecule has 0 radical (unpaired) electrons. The summed E-state index contributed by atoms with van der Waals surface area (Å²) < 4.78 is 0. The molecule has 6 heteroatoms. The zero-order valence-electron chi connectivity index (χ0n) is 14.3. The molecule has 0 aromatic heterocycles. The molecule has 3 aromatic carbocycles. The van der Waals surface area contributed by atoms with Gasteiger partial charge in [0.25, 0.3) is 0 Å². The molecule has 0 aliphatic carbocycles. The molecule has 0 aliphatic heterocycles. The standard InChI is InChI=1S/C20H19N3O2S/c1-21-20(25)23-17-8-4-7-16(12-17)22-19(24)13-26-18-10-9-14-5-2-3-6-15(14)11-18/h2-12H,13H2,1H3,(H,22,24)(H2,21,23,25). The summed E-state index contributed by atoms with van der Waals surface area (Å²) >= 11 is 1.49. The molecule has 3 amide bonds. The van der Waals surface area contributed by atoms with Crippen molar-refractivity contribution >= 4 is 45.8 Å². The molecule has 0 heterocycles. The highest BCUT2D eigenvalue weighted by atomic mass is 32.2. The second kappa shape index (κ2) is 8.40. The molecule has 0 unspecified atom stereocenters. The van der Waals surface area contributed by atoms with Crippen LogP contribution >= 0.6 is 11.8 Å². The zero-order chi connectivity index (χ0) is 18.4. The maximum absolute atomic E-state index is 12.2. The number of rotatable bonds is 5. The lowest BCUT2D eigenvalue weighted by Crippen LogP contribution is -2.24. The van der Waals surface area contributed by atoms with Gasteiger partial charge in [-0.3, -0.25) is 4.79 Å². The number of hydrogen-bond donors (Lipinski definition) is 3. The van der Waals surface area contributed by atoms with Crippen molar-refractivity contribution in [1.82, 2.24) is 5.32 Å². The number of nitrogens with one attached hydrogen (secondary N) is 3. The van der Waals surface area contributed by atoms with Crippen molar-refractivity contribution in [2.24, 2.45) is 0 Å². The molecule has 0 saturated heterocycles. The van der Waals surface area contributed by atoms with Crippen LogP contribution in [0.2, 0.25) is 0 Å². The first-order chi connectivity index (χ1) is 12.6. The van der Waals surface area contributed by atoms with Crippen molar-refractivity contribution in [1.29, 1.82) is 0 Å². The van der Waals surface area contributed by atoms with Gasteiger partial charge in [-0.2, -0.15) is 0 Å². The Morgan fingerprint density at radius 3 is 2.35 bits per heavy atom. The van der Waals surface area contributed by atoms with Crippen molar-refractivity contribution in [2.75, 3.05) is 23.4 Å². The lowest BCUT2D eigenvalue weighted by Gasteiger charge is -2.09. The maximum Gasteiger partial charge on any atom is 0.318 e. The Balaban J connectivity index is 1.58. The highest BCUT2D eigenvalue weighted by Crippen LogP contribution is 2.24. The van der Waals surface area contributed by atoms with E-state index in [0.717, 1.165) is 10.3 Å². The van der Waals surface area contributed by atoms with Gasteiger partial charge >= 0.3 is 6.03 Å². The van der Waals surface area contributed by atoms with Crippen LogP contribution in [0.5, 0.6) is 0 Å². The topological polar surface area (TPSA) is 70.2 Å². The molecule has 26 heavy (non-hydrogen) atoms. The Labute approximate surface area is 156 Å². The number of benzene rings is 3. The average molecular weight is 365 g/mol. The minimum Gasteiger partial charge on any atom is -0.341 e. The van der Waals surface area contributed by atoms with Gasteiger partial charge in [0.1, 0.15) is 0 Å². The minimum atomic E-state index is -0.305. The van der Waals surface area contributed by atoms with Crippen LogP contribution in [0.3, 0.4) is 0 Å². The van der Waals surface area contributed by atoms with E-state index in [1.807, 2.05) is 18.2 Å². The van der Waals surface area contributed by atoms with Gasteiger partial charge < -0.3 is 16.0 Å². The smallest absolute Gasteiger partial charge is 0.318 e. The van der Waals surface area contributed by atoms with E-state index in [1.54, 1.807) is 31.3 Å². The average Bonchev–Trinajstić information content (AvgIpc) is 2.66. The van der Waals surface area contributed by atoms with E-state index in [2.05, 4.69) is 40.2 Å². The van der Waals surface area contributed by atoms with Crippen molar-refractivity contribution in [2.45, 2.75) is 4.90 Å². The van der Waals surface area contributed by atoms with Gasteiger partial charge in [-0.1, -0.05) is 36.4 Å². The molecule has 0 spiro atoms. The SMILES string of the molecule is CNC(=O)Nc1cccc(NC(=O)CSc2ccc3ccccc3c2)c1. The Bertz CT molecular complexity index is 943. The molecule has 0 aliphatic rings. The monoisotopic (exact) mass is 365 g/mol. The van der Waals surface area contributed by atoms with Crippen molar-refractivity contribution in [3.05, 3.63) is 66.7 Å². The van der Waals surface area contributed by atoms with Gasteiger partial charge in [0, 0.05) is 23.3 Å². The Kier molecular flexibility index (Phi) is 5.76. The summed E-state index contributed by atoms with van der Waals surface area (Å²) in [6.07, 6.45) is 0. The summed E-state index contributed by atoms with van der Waals surface area (Å²) in [5, 5.41) is 10.3. The van der Waals surface area contributed by atoms with Gasteiger partial charge in [-0.25, -0.2) is 4.79 Å². The highest BCUT2D eigenvalue weighted by Gasteiger charge is 2.06. The van der Waals surface area contributed by atoms with Gasteiger partial charge in [-0.15, -0.1) is 11.8 Å². The van der Waals surface area contributed by atoms with Crippen LogP contribution in [-0.4, -0.2) is 24.7 Å². The maximum atomic E-state index is 12.2. The van der Waals surface area contributed by atoms with Crippen molar-refractivity contribution in [3.63, 3.8) is 0 Å². The molecule has 0 bridgehead atoms. The van der Waals surface area contributed by atoms with Crippen LogP contribution < -0.4 is 16.0 Å². The van der Waals surface area contributed by atoms with Crippen LogP contribution in [0.25, 0.3) is 10.8 Å². The summed E-state index contributed by atoms with van der Waals surface area (Å²) in [7, 11) is 1.55. The van der Waals surface area contributed by atoms with Gasteiger partial charge in [0.2, 0.25) is 5.91 Å². The molecule has 0 fully saturated rings. The quantitative estimate of drug-likeness (QED) is 0.590. The summed E-state index contributed by atoms with van der Waals surface area (Å²) in [6, 6.07) is 21.0. The van der Waals surface area contributed by atoms with Gasteiger partial charge in [0.05, 0.1) is 5.75 Å². The predicted molar refractivity (Wildman–Crippen MR) is 108 cm³/mol. The molecule has 5 nitrogen and oxygen atoms in total. The first-order valence-corrected chi connectivity index (χ1v) is 9.13.